The van der Waals surface area contributed by atoms with Gasteiger partial charge in [0.2, 0.25) is 0 Å². The number of allylic oxidation sites excluding steroid dienone is 4. The molecule has 1 aromatic carbocycles. The van der Waals surface area contributed by atoms with Gasteiger partial charge in [-0.25, -0.2) is 0 Å². The Balaban J connectivity index is 2.12. The number of aromatic hydroxyl groups is 1. The van der Waals surface area contributed by atoms with Gasteiger partial charge in [-0.3, -0.25) is 0 Å². The molecule has 96 valence electrons. The van der Waals surface area contributed by atoms with Crippen molar-refractivity contribution in [2.75, 3.05) is 5.73 Å². The molecule has 0 spiro atoms. The molecule has 1 aromatic rings. The van der Waals surface area contributed by atoms with Crippen LogP contribution in [0.15, 0.2) is 41.0 Å². The first-order valence-electron chi connectivity index (χ1n) is 6.51. The summed E-state index contributed by atoms with van der Waals surface area (Å²) in [6, 6.07) is 5.58. The van der Waals surface area contributed by atoms with Crippen molar-refractivity contribution >= 4 is 5.69 Å². The van der Waals surface area contributed by atoms with Gasteiger partial charge in [-0.05, 0) is 56.7 Å². The molecule has 0 aliphatic heterocycles. The van der Waals surface area contributed by atoms with Crippen molar-refractivity contribution in [2.24, 2.45) is 0 Å². The lowest BCUT2D eigenvalue weighted by Gasteiger charge is -2.18. The monoisotopic (exact) mass is 243 g/mol. The summed E-state index contributed by atoms with van der Waals surface area (Å²) in [5.41, 5.74) is 11.4. The number of para-hydroxylation sites is 1. The van der Waals surface area contributed by atoms with E-state index >= 15 is 0 Å². The zero-order valence-electron chi connectivity index (χ0n) is 11.2. The maximum Gasteiger partial charge on any atom is 0.141 e. The van der Waals surface area contributed by atoms with E-state index in [1.54, 1.807) is 6.07 Å². The van der Waals surface area contributed by atoms with Crippen LogP contribution in [0.4, 0.5) is 5.69 Å². The number of anilines is 1. The zero-order valence-corrected chi connectivity index (χ0v) is 11.2. The van der Waals surface area contributed by atoms with Gasteiger partial charge in [-0.15, -0.1) is 0 Å². The summed E-state index contributed by atoms with van der Waals surface area (Å²) >= 11 is 0. The van der Waals surface area contributed by atoms with E-state index in [2.05, 4.69) is 19.9 Å². The number of phenolic OH excluding ortho intramolecular Hbond substituents is 1. The van der Waals surface area contributed by atoms with Gasteiger partial charge in [-0.1, -0.05) is 29.4 Å². The molecule has 2 rings (SSSR count). The number of nitrogens with two attached hydrogens (primary N) is 1. The standard InChI is InChI=1S/C16H21NO/c1-11-5-3-6-12(2)14(11)10-9-13-7-4-8-15(17)16(13)18/h4-5,7-8,18H,3,6,9-10,17H2,1-2H3. The third-order valence-electron chi connectivity index (χ3n) is 3.76. The highest BCUT2D eigenvalue weighted by Gasteiger charge is 2.11. The quantitative estimate of drug-likeness (QED) is 0.623. The summed E-state index contributed by atoms with van der Waals surface area (Å²) < 4.78 is 0. The predicted octanol–water partition coefficient (Wildman–Crippen LogP) is 3.96. The highest BCUT2D eigenvalue weighted by atomic mass is 16.3. The molecule has 0 aromatic heterocycles. The van der Waals surface area contributed by atoms with Crippen LogP contribution >= 0.6 is 0 Å². The zero-order chi connectivity index (χ0) is 13.1. The molecule has 0 atom stereocenters. The van der Waals surface area contributed by atoms with Crippen LogP contribution < -0.4 is 5.73 Å². The molecule has 0 saturated carbocycles. The van der Waals surface area contributed by atoms with Crippen LogP contribution in [-0.4, -0.2) is 5.11 Å². The molecule has 0 bridgehead atoms. The van der Waals surface area contributed by atoms with E-state index in [1.165, 1.54) is 16.7 Å². The largest absolute Gasteiger partial charge is 0.506 e. The van der Waals surface area contributed by atoms with E-state index in [0.29, 0.717) is 5.69 Å². The highest BCUT2D eigenvalue weighted by Crippen LogP contribution is 2.31. The van der Waals surface area contributed by atoms with E-state index < -0.39 is 0 Å². The second-order valence-electron chi connectivity index (χ2n) is 5.04. The number of benzene rings is 1. The van der Waals surface area contributed by atoms with Crippen molar-refractivity contribution in [3.8, 4) is 5.75 Å². The Kier molecular flexibility index (Phi) is 3.75. The van der Waals surface area contributed by atoms with Crippen molar-refractivity contribution in [1.29, 1.82) is 0 Å². The molecule has 2 heteroatoms. The number of hydrogen-bond acceptors (Lipinski definition) is 2. The smallest absolute Gasteiger partial charge is 0.141 e. The van der Waals surface area contributed by atoms with Crippen LogP contribution in [0.25, 0.3) is 0 Å². The molecule has 0 fully saturated rings. The van der Waals surface area contributed by atoms with Gasteiger partial charge in [0.25, 0.3) is 0 Å². The fourth-order valence-electron chi connectivity index (χ4n) is 2.60. The van der Waals surface area contributed by atoms with Crippen LogP contribution in [0, 0.1) is 0 Å². The van der Waals surface area contributed by atoms with Crippen molar-refractivity contribution in [2.45, 2.75) is 39.5 Å². The van der Waals surface area contributed by atoms with Crippen molar-refractivity contribution < 1.29 is 5.11 Å². The van der Waals surface area contributed by atoms with Crippen LogP contribution in [0.2, 0.25) is 0 Å². The summed E-state index contributed by atoms with van der Waals surface area (Å²) in [7, 11) is 0. The van der Waals surface area contributed by atoms with Gasteiger partial charge in [0.15, 0.2) is 0 Å². The Morgan fingerprint density at radius 2 is 2.00 bits per heavy atom. The summed E-state index contributed by atoms with van der Waals surface area (Å²) in [4.78, 5) is 0. The lowest BCUT2D eigenvalue weighted by Crippen LogP contribution is -2.00. The predicted molar refractivity (Wildman–Crippen MR) is 76.5 cm³/mol. The van der Waals surface area contributed by atoms with E-state index in [-0.39, 0.29) is 5.75 Å². The van der Waals surface area contributed by atoms with Crippen molar-refractivity contribution in [3.05, 3.63) is 46.6 Å². The number of nitrogen functional groups attached to an aromatic ring is 1. The average molecular weight is 243 g/mol. The highest BCUT2D eigenvalue weighted by molar-refractivity contribution is 5.56. The lowest BCUT2D eigenvalue weighted by molar-refractivity contribution is 0.470. The first-order chi connectivity index (χ1) is 8.59. The van der Waals surface area contributed by atoms with Crippen LogP contribution in [0.1, 0.15) is 38.7 Å². The molecular weight excluding hydrogens is 222 g/mol. The molecule has 0 heterocycles. The summed E-state index contributed by atoms with van der Waals surface area (Å²) in [5, 5.41) is 9.90. The topological polar surface area (TPSA) is 46.2 Å². The van der Waals surface area contributed by atoms with Gasteiger partial charge in [0, 0.05) is 0 Å². The molecular formula is C16H21NO. The second kappa shape index (κ2) is 5.30. The van der Waals surface area contributed by atoms with Gasteiger partial charge in [-0.2, -0.15) is 0 Å². The summed E-state index contributed by atoms with van der Waals surface area (Å²) in [6.07, 6.45) is 6.45. The molecule has 1 aliphatic rings. The maximum absolute atomic E-state index is 9.90. The Morgan fingerprint density at radius 3 is 2.72 bits per heavy atom. The summed E-state index contributed by atoms with van der Waals surface area (Å²) in [6.45, 7) is 4.39. The molecule has 3 N–H and O–H groups in total. The van der Waals surface area contributed by atoms with Gasteiger partial charge >= 0.3 is 0 Å². The van der Waals surface area contributed by atoms with Crippen molar-refractivity contribution in [3.63, 3.8) is 0 Å². The minimum atomic E-state index is 0.244. The molecule has 1 aliphatic carbocycles. The van der Waals surface area contributed by atoms with Crippen LogP contribution in [0.5, 0.6) is 5.75 Å². The first-order valence-corrected chi connectivity index (χ1v) is 6.51. The average Bonchev–Trinajstić information content (AvgIpc) is 2.33. The van der Waals surface area contributed by atoms with E-state index in [9.17, 15) is 5.11 Å². The molecule has 0 radical (unpaired) electrons. The molecule has 0 unspecified atom stereocenters. The number of hydrogen-bond donors (Lipinski definition) is 2. The SMILES string of the molecule is CC1=CCCC(C)=C1CCc1cccc(N)c1O. The van der Waals surface area contributed by atoms with Gasteiger partial charge in [0.05, 0.1) is 5.69 Å². The van der Waals surface area contributed by atoms with Crippen LogP contribution in [0.3, 0.4) is 0 Å². The Bertz CT molecular complexity index is 512. The Hall–Kier alpha value is -1.70. The number of rotatable bonds is 3. The molecule has 18 heavy (non-hydrogen) atoms. The third kappa shape index (κ3) is 2.58. The third-order valence-corrected chi connectivity index (χ3v) is 3.76. The van der Waals surface area contributed by atoms with Crippen molar-refractivity contribution in [1.82, 2.24) is 0 Å². The van der Waals surface area contributed by atoms with Gasteiger partial charge in [0.1, 0.15) is 5.75 Å². The summed E-state index contributed by atoms with van der Waals surface area (Å²) in [5.74, 6) is 0.244. The fourth-order valence-corrected chi connectivity index (χ4v) is 2.60. The van der Waals surface area contributed by atoms with E-state index in [0.717, 1.165) is 31.2 Å². The molecule has 2 nitrogen and oxygen atoms in total. The number of aryl methyl sites for hydroxylation is 1. The first kappa shape index (κ1) is 12.7. The number of phenols is 1. The molecule has 0 saturated heterocycles. The molecule has 0 amide bonds. The lowest BCUT2D eigenvalue weighted by atomic mass is 9.88. The second-order valence-corrected chi connectivity index (χ2v) is 5.04. The minimum Gasteiger partial charge on any atom is -0.506 e. The normalized spacial score (nSPS) is 15.8. The maximum atomic E-state index is 9.90. The minimum absolute atomic E-state index is 0.244. The van der Waals surface area contributed by atoms with E-state index in [4.69, 9.17) is 5.73 Å². The van der Waals surface area contributed by atoms with Crippen LogP contribution in [-0.2, 0) is 6.42 Å². The Labute approximate surface area is 109 Å². The van der Waals surface area contributed by atoms with Gasteiger partial charge < -0.3 is 10.8 Å². The van der Waals surface area contributed by atoms with E-state index in [1.807, 2.05) is 12.1 Å². The Morgan fingerprint density at radius 1 is 1.22 bits per heavy atom. The fraction of sp³-hybridized carbons (Fsp3) is 0.375.